The van der Waals surface area contributed by atoms with Gasteiger partial charge < -0.3 is 0 Å². The lowest BCUT2D eigenvalue weighted by molar-refractivity contribution is -0.123. The summed E-state index contributed by atoms with van der Waals surface area (Å²) in [5, 5.41) is 0. The zero-order chi connectivity index (χ0) is 14.1. The molecule has 0 saturated heterocycles. The fourth-order valence-electron chi connectivity index (χ4n) is 2.91. The Kier molecular flexibility index (Phi) is 8.09. The number of rotatable bonds is 2. The van der Waals surface area contributed by atoms with Gasteiger partial charge in [0, 0.05) is 12.3 Å². The second-order valence-electron chi connectivity index (χ2n) is 6.51. The van der Waals surface area contributed by atoms with Crippen molar-refractivity contribution in [2.45, 2.75) is 91.4 Å². The van der Waals surface area contributed by atoms with E-state index in [0.717, 1.165) is 25.7 Å². The Balaban J connectivity index is 2.56. The molecular formula is C18H32O. The molecule has 110 valence electrons. The van der Waals surface area contributed by atoms with E-state index in [1.165, 1.54) is 56.1 Å². The van der Waals surface area contributed by atoms with Gasteiger partial charge in [0.1, 0.15) is 5.78 Å². The first-order valence-corrected chi connectivity index (χ1v) is 8.27. The molecule has 1 rings (SSSR count). The van der Waals surface area contributed by atoms with Crippen LogP contribution in [0, 0.1) is 5.92 Å². The zero-order valence-corrected chi connectivity index (χ0v) is 13.3. The zero-order valence-electron chi connectivity index (χ0n) is 13.3. The summed E-state index contributed by atoms with van der Waals surface area (Å²) in [5.74, 6) is 0.829. The van der Waals surface area contributed by atoms with Gasteiger partial charge in [-0.05, 0) is 40.0 Å². The van der Waals surface area contributed by atoms with Crippen molar-refractivity contribution in [2.75, 3.05) is 0 Å². The second-order valence-corrected chi connectivity index (χ2v) is 6.51. The summed E-state index contributed by atoms with van der Waals surface area (Å²) in [5.41, 5.74) is 2.81. The molecule has 1 nitrogen and oxygen atoms in total. The number of carbonyl (C=O) groups excluding carboxylic acids is 1. The summed E-state index contributed by atoms with van der Waals surface area (Å²) in [6, 6.07) is 0. The minimum atomic E-state index is 0.300. The molecule has 0 heterocycles. The van der Waals surface area contributed by atoms with Gasteiger partial charge in [0.2, 0.25) is 0 Å². The van der Waals surface area contributed by atoms with Crippen LogP contribution in [0.25, 0.3) is 0 Å². The largest absolute Gasteiger partial charge is 0.299 e. The maximum absolute atomic E-state index is 12.4. The molecule has 1 aliphatic rings. The monoisotopic (exact) mass is 264 g/mol. The fourth-order valence-corrected chi connectivity index (χ4v) is 2.91. The molecule has 1 saturated carbocycles. The van der Waals surface area contributed by atoms with Crippen molar-refractivity contribution in [3.63, 3.8) is 0 Å². The minimum Gasteiger partial charge on any atom is -0.299 e. The standard InChI is InChI=1S/C18H32O/c1-15(2)16(3)14-17-12-10-8-6-4-5-7-9-11-13-18(17)19/h17H,4-14H2,1-3H3. The average molecular weight is 264 g/mol. The van der Waals surface area contributed by atoms with Gasteiger partial charge in [-0.2, -0.15) is 0 Å². The van der Waals surface area contributed by atoms with Gasteiger partial charge in [0.05, 0.1) is 0 Å². The molecule has 0 radical (unpaired) electrons. The second kappa shape index (κ2) is 9.34. The average Bonchev–Trinajstić information content (AvgIpc) is 2.37. The predicted octanol–water partition coefficient (Wildman–Crippen LogP) is 5.83. The van der Waals surface area contributed by atoms with Crippen molar-refractivity contribution in [1.82, 2.24) is 0 Å². The number of ketones is 1. The molecule has 0 aliphatic heterocycles. The van der Waals surface area contributed by atoms with Gasteiger partial charge in [-0.1, -0.05) is 56.1 Å². The van der Waals surface area contributed by atoms with Crippen molar-refractivity contribution in [2.24, 2.45) is 5.92 Å². The van der Waals surface area contributed by atoms with E-state index in [9.17, 15) is 4.79 Å². The van der Waals surface area contributed by atoms with Crippen molar-refractivity contribution < 1.29 is 4.79 Å². The Morgan fingerprint density at radius 1 is 0.895 bits per heavy atom. The van der Waals surface area contributed by atoms with Gasteiger partial charge in [0.25, 0.3) is 0 Å². The number of hydrogen-bond acceptors (Lipinski definition) is 1. The molecule has 0 spiro atoms. The molecule has 0 aromatic carbocycles. The van der Waals surface area contributed by atoms with E-state index in [2.05, 4.69) is 20.8 Å². The molecule has 1 atom stereocenters. The first kappa shape index (κ1) is 16.5. The first-order chi connectivity index (χ1) is 9.11. The van der Waals surface area contributed by atoms with Crippen molar-refractivity contribution >= 4 is 5.78 Å². The Morgan fingerprint density at radius 2 is 1.42 bits per heavy atom. The third-order valence-electron chi connectivity index (χ3n) is 4.59. The summed E-state index contributed by atoms with van der Waals surface area (Å²) in [4.78, 5) is 12.4. The van der Waals surface area contributed by atoms with E-state index in [0.29, 0.717) is 11.7 Å². The lowest BCUT2D eigenvalue weighted by Crippen LogP contribution is -2.15. The van der Waals surface area contributed by atoms with Gasteiger partial charge in [-0.3, -0.25) is 4.79 Å². The maximum Gasteiger partial charge on any atom is 0.136 e. The molecule has 1 fully saturated rings. The Hall–Kier alpha value is -0.590. The summed E-state index contributed by atoms with van der Waals surface area (Å²) in [7, 11) is 0. The molecule has 1 unspecified atom stereocenters. The summed E-state index contributed by atoms with van der Waals surface area (Å²) < 4.78 is 0. The predicted molar refractivity (Wildman–Crippen MR) is 83.3 cm³/mol. The Labute approximate surface area is 119 Å². The van der Waals surface area contributed by atoms with Crippen LogP contribution in [0.2, 0.25) is 0 Å². The van der Waals surface area contributed by atoms with Crippen molar-refractivity contribution in [1.29, 1.82) is 0 Å². The van der Waals surface area contributed by atoms with Crippen LogP contribution in [-0.4, -0.2) is 5.78 Å². The number of carbonyl (C=O) groups is 1. The molecule has 1 heteroatoms. The number of hydrogen-bond donors (Lipinski definition) is 0. The van der Waals surface area contributed by atoms with E-state index >= 15 is 0 Å². The summed E-state index contributed by atoms with van der Waals surface area (Å²) >= 11 is 0. The van der Waals surface area contributed by atoms with Gasteiger partial charge in [-0.15, -0.1) is 0 Å². The quantitative estimate of drug-likeness (QED) is 0.573. The van der Waals surface area contributed by atoms with E-state index in [-0.39, 0.29) is 0 Å². The van der Waals surface area contributed by atoms with Crippen LogP contribution in [-0.2, 0) is 4.79 Å². The van der Waals surface area contributed by atoms with E-state index in [4.69, 9.17) is 0 Å². The van der Waals surface area contributed by atoms with Crippen LogP contribution in [0.3, 0.4) is 0 Å². The van der Waals surface area contributed by atoms with Gasteiger partial charge in [-0.25, -0.2) is 0 Å². The van der Waals surface area contributed by atoms with Crippen molar-refractivity contribution in [3.05, 3.63) is 11.1 Å². The molecule has 0 aromatic rings. The molecule has 0 N–H and O–H groups in total. The van der Waals surface area contributed by atoms with Crippen LogP contribution in [0.1, 0.15) is 91.4 Å². The topological polar surface area (TPSA) is 17.1 Å². The third kappa shape index (κ3) is 6.94. The SMILES string of the molecule is CC(C)=C(C)CC1CCCCCCCCCCC1=O. The minimum absolute atomic E-state index is 0.300. The lowest BCUT2D eigenvalue weighted by atomic mass is 9.86. The van der Waals surface area contributed by atoms with E-state index in [1.807, 2.05) is 0 Å². The van der Waals surface area contributed by atoms with Crippen LogP contribution < -0.4 is 0 Å². The molecule has 0 amide bonds. The van der Waals surface area contributed by atoms with Crippen LogP contribution in [0.5, 0.6) is 0 Å². The molecule has 1 aliphatic carbocycles. The highest BCUT2D eigenvalue weighted by Crippen LogP contribution is 2.25. The number of Topliss-reactive ketones (excluding diaryl/α,β-unsaturated/α-hetero) is 1. The molecule has 19 heavy (non-hydrogen) atoms. The van der Waals surface area contributed by atoms with Crippen LogP contribution in [0.4, 0.5) is 0 Å². The smallest absolute Gasteiger partial charge is 0.136 e. The normalized spacial score (nSPS) is 23.3. The highest BCUT2D eigenvalue weighted by molar-refractivity contribution is 5.81. The Morgan fingerprint density at radius 3 is 2.00 bits per heavy atom. The highest BCUT2D eigenvalue weighted by atomic mass is 16.1. The first-order valence-electron chi connectivity index (χ1n) is 8.27. The molecule has 0 bridgehead atoms. The van der Waals surface area contributed by atoms with Gasteiger partial charge in [0.15, 0.2) is 0 Å². The van der Waals surface area contributed by atoms with E-state index < -0.39 is 0 Å². The summed E-state index contributed by atoms with van der Waals surface area (Å²) in [6.45, 7) is 6.52. The molecular weight excluding hydrogens is 232 g/mol. The maximum atomic E-state index is 12.4. The highest BCUT2D eigenvalue weighted by Gasteiger charge is 2.18. The molecule has 0 aromatic heterocycles. The third-order valence-corrected chi connectivity index (χ3v) is 4.59. The fraction of sp³-hybridized carbons (Fsp3) is 0.833. The van der Waals surface area contributed by atoms with Gasteiger partial charge >= 0.3 is 0 Å². The van der Waals surface area contributed by atoms with E-state index in [1.54, 1.807) is 0 Å². The number of allylic oxidation sites excluding steroid dienone is 2. The van der Waals surface area contributed by atoms with Crippen molar-refractivity contribution in [3.8, 4) is 0 Å². The van der Waals surface area contributed by atoms with Crippen LogP contribution in [0.15, 0.2) is 11.1 Å². The summed E-state index contributed by atoms with van der Waals surface area (Å²) in [6.07, 6.45) is 13.3. The van der Waals surface area contributed by atoms with Crippen LogP contribution >= 0.6 is 0 Å². The lowest BCUT2D eigenvalue weighted by Gasteiger charge is -2.18. The Bertz CT molecular complexity index is 297.